The Kier molecular flexibility index (Phi) is 5.23. The molecular weight excluding hydrogens is 400 g/mol. The van der Waals surface area contributed by atoms with Crippen molar-refractivity contribution in [3.8, 4) is 11.5 Å². The Labute approximate surface area is 160 Å². The number of thioether (sulfide) groups is 1. The van der Waals surface area contributed by atoms with E-state index in [1.165, 1.54) is 0 Å². The number of halogens is 1. The Hall–Kier alpha value is -3.18. The molecule has 1 aromatic heterocycles. The third-order valence-corrected chi connectivity index (χ3v) is 4.38. The maximum Gasteiger partial charge on any atom is 0.342 e. The molecule has 4 amide bonds. The first-order valence-corrected chi connectivity index (χ1v) is 8.41. The zero-order valence-corrected chi connectivity index (χ0v) is 14.7. The van der Waals surface area contributed by atoms with Gasteiger partial charge in [-0.1, -0.05) is 11.6 Å². The molecule has 2 heterocycles. The zero-order valence-electron chi connectivity index (χ0n) is 13.1. The van der Waals surface area contributed by atoms with Gasteiger partial charge in [-0.15, -0.1) is 10.2 Å². The predicted octanol–water partition coefficient (Wildman–Crippen LogP) is 1.43. The smallest absolute Gasteiger partial charge is 0.342 e. The molecule has 0 atom stereocenters. The molecule has 1 aliphatic rings. The van der Waals surface area contributed by atoms with Crippen LogP contribution in [0.1, 0.15) is 0 Å². The summed E-state index contributed by atoms with van der Waals surface area (Å²) in [5.74, 6) is -4.63. The minimum atomic E-state index is -1.49. The van der Waals surface area contributed by atoms with Crippen molar-refractivity contribution in [1.29, 1.82) is 0 Å². The van der Waals surface area contributed by atoms with Crippen molar-refractivity contribution in [2.75, 3.05) is 0 Å². The summed E-state index contributed by atoms with van der Waals surface area (Å²) in [5, 5.41) is 21.0. The monoisotopic (exact) mass is 408 g/mol. The maximum absolute atomic E-state index is 11.7. The summed E-state index contributed by atoms with van der Waals surface area (Å²) in [5.41, 5.74) is 0.573. The van der Waals surface area contributed by atoms with Crippen LogP contribution in [0.4, 0.5) is 4.79 Å². The van der Waals surface area contributed by atoms with Crippen LogP contribution in [0.25, 0.3) is 11.5 Å². The first-order chi connectivity index (χ1) is 12.8. The molecule has 1 aliphatic heterocycles. The molecule has 0 spiro atoms. The van der Waals surface area contributed by atoms with Gasteiger partial charge >= 0.3 is 12.0 Å². The van der Waals surface area contributed by atoms with Crippen molar-refractivity contribution < 1.29 is 28.7 Å². The summed E-state index contributed by atoms with van der Waals surface area (Å²) in [7, 11) is 0. The highest BCUT2D eigenvalue weighted by Gasteiger charge is 2.34. The number of imide groups is 2. The van der Waals surface area contributed by atoms with E-state index in [9.17, 15) is 24.3 Å². The normalized spacial score (nSPS) is 15.4. The number of hydrogen-bond acceptors (Lipinski definition) is 8. The summed E-state index contributed by atoms with van der Waals surface area (Å²) < 4.78 is 5.39. The Balaban J connectivity index is 1.82. The van der Waals surface area contributed by atoms with E-state index in [0.29, 0.717) is 22.3 Å². The number of carboxylic acid groups (broad SMARTS) is 1. The molecule has 3 N–H and O–H groups in total. The molecule has 3 rings (SSSR count). The highest BCUT2D eigenvalue weighted by Crippen LogP contribution is 2.30. The quantitative estimate of drug-likeness (QED) is 0.379. The molecule has 1 aromatic carbocycles. The Bertz CT molecular complexity index is 951. The average Bonchev–Trinajstić information content (AvgIpc) is 3.06. The number of barbiturate groups is 1. The third-order valence-electron chi connectivity index (χ3n) is 3.26. The van der Waals surface area contributed by atoms with Crippen LogP contribution in [0, 0.1) is 5.92 Å². The fraction of sp³-hybridized carbons (Fsp3) is 0.0667. The second kappa shape index (κ2) is 7.60. The first kappa shape index (κ1) is 18.6. The fourth-order valence-corrected chi connectivity index (χ4v) is 2.84. The van der Waals surface area contributed by atoms with E-state index in [-0.39, 0.29) is 11.1 Å². The molecule has 0 unspecified atom stereocenters. The van der Waals surface area contributed by atoms with E-state index >= 15 is 0 Å². The molecule has 0 bridgehead atoms. The number of aliphatic carboxylic acids is 1. The summed E-state index contributed by atoms with van der Waals surface area (Å²) in [6, 6.07) is 5.57. The highest BCUT2D eigenvalue weighted by atomic mass is 35.5. The topological polar surface area (TPSA) is 151 Å². The zero-order chi connectivity index (χ0) is 19.6. The summed E-state index contributed by atoms with van der Waals surface area (Å²) in [6.45, 7) is 0. The fourth-order valence-electron chi connectivity index (χ4n) is 2.04. The average molecular weight is 409 g/mol. The van der Waals surface area contributed by atoms with Gasteiger partial charge in [0.1, 0.15) is 5.92 Å². The number of amides is 4. The molecule has 0 radical (unpaired) electrons. The number of carbonyl (C=O) groups excluding carboxylic acids is 3. The molecule has 1 fully saturated rings. The van der Waals surface area contributed by atoms with Gasteiger partial charge in [0.05, 0.1) is 4.91 Å². The highest BCUT2D eigenvalue weighted by molar-refractivity contribution is 8.03. The molecule has 2 aromatic rings. The first-order valence-electron chi connectivity index (χ1n) is 7.21. The van der Waals surface area contributed by atoms with Gasteiger partial charge in [0.15, 0.2) is 0 Å². The molecule has 10 nitrogen and oxygen atoms in total. The van der Waals surface area contributed by atoms with E-state index in [4.69, 9.17) is 16.0 Å². The van der Waals surface area contributed by atoms with Crippen LogP contribution in [0.15, 0.2) is 44.9 Å². The van der Waals surface area contributed by atoms with Crippen molar-refractivity contribution in [3.05, 3.63) is 40.3 Å². The number of urea groups is 1. The summed E-state index contributed by atoms with van der Waals surface area (Å²) >= 11 is 6.37. The molecule has 0 saturated carbocycles. The van der Waals surface area contributed by atoms with Crippen LogP contribution in [-0.4, -0.2) is 39.1 Å². The Morgan fingerprint density at radius 2 is 1.78 bits per heavy atom. The van der Waals surface area contributed by atoms with E-state index in [0.717, 1.165) is 6.08 Å². The van der Waals surface area contributed by atoms with Gasteiger partial charge in [-0.25, -0.2) is 9.59 Å². The van der Waals surface area contributed by atoms with Crippen LogP contribution in [0.2, 0.25) is 5.02 Å². The third kappa shape index (κ3) is 4.33. The van der Waals surface area contributed by atoms with Crippen molar-refractivity contribution in [2.45, 2.75) is 5.22 Å². The van der Waals surface area contributed by atoms with Gasteiger partial charge in [0.25, 0.3) is 5.22 Å². The van der Waals surface area contributed by atoms with Gasteiger partial charge in [0.2, 0.25) is 17.7 Å². The number of rotatable bonds is 5. The van der Waals surface area contributed by atoms with Crippen LogP contribution in [-0.2, 0) is 14.4 Å². The number of hydrogen-bond donors (Lipinski definition) is 3. The minimum absolute atomic E-state index is 0.110. The minimum Gasteiger partial charge on any atom is -0.477 e. The van der Waals surface area contributed by atoms with Gasteiger partial charge < -0.3 is 9.52 Å². The van der Waals surface area contributed by atoms with Gasteiger partial charge in [0, 0.05) is 10.6 Å². The molecule has 1 saturated heterocycles. The van der Waals surface area contributed by atoms with E-state index in [1.807, 2.05) is 10.6 Å². The standard InChI is InChI=1S/C15H9ClN4O6S/c16-7-3-1-6(2-4-7)12-19-20-15(26-12)27-9(13(23)24)5-8-10(21)17-14(25)18-11(8)22/h1-5,8H,(H,23,24)(H2,17,18,21,22,25)/b9-5+. The van der Waals surface area contributed by atoms with E-state index in [2.05, 4.69) is 10.2 Å². The van der Waals surface area contributed by atoms with Crippen LogP contribution >= 0.6 is 23.4 Å². The van der Waals surface area contributed by atoms with Gasteiger partial charge in [-0.2, -0.15) is 0 Å². The lowest BCUT2D eigenvalue weighted by Crippen LogP contribution is -2.55. The maximum atomic E-state index is 11.7. The second-order valence-corrected chi connectivity index (χ2v) is 6.53. The SMILES string of the molecule is O=C1NC(=O)C(/C=C(/Sc2nnc(-c3ccc(Cl)cc3)o2)C(=O)O)C(=O)N1. The summed E-state index contributed by atoms with van der Waals surface area (Å²) in [6.07, 6.45) is 0.899. The number of benzene rings is 1. The Morgan fingerprint density at radius 1 is 1.15 bits per heavy atom. The molecule has 12 heteroatoms. The lowest BCUT2D eigenvalue weighted by Gasteiger charge is -2.18. The molecule has 27 heavy (non-hydrogen) atoms. The lowest BCUT2D eigenvalue weighted by molar-refractivity contribution is -0.133. The largest absolute Gasteiger partial charge is 0.477 e. The van der Waals surface area contributed by atoms with Crippen molar-refractivity contribution in [2.24, 2.45) is 5.92 Å². The van der Waals surface area contributed by atoms with E-state index < -0.39 is 34.6 Å². The van der Waals surface area contributed by atoms with Crippen molar-refractivity contribution >= 4 is 47.2 Å². The van der Waals surface area contributed by atoms with Crippen LogP contribution < -0.4 is 10.6 Å². The predicted molar refractivity (Wildman–Crippen MR) is 91.5 cm³/mol. The van der Waals surface area contributed by atoms with Gasteiger partial charge in [-0.3, -0.25) is 20.2 Å². The van der Waals surface area contributed by atoms with Crippen LogP contribution in [0.5, 0.6) is 0 Å². The van der Waals surface area contributed by atoms with Crippen molar-refractivity contribution in [3.63, 3.8) is 0 Å². The van der Waals surface area contributed by atoms with E-state index in [1.54, 1.807) is 24.3 Å². The lowest BCUT2D eigenvalue weighted by atomic mass is 10.1. The number of carboxylic acids is 1. The number of aromatic nitrogens is 2. The number of nitrogens with zero attached hydrogens (tertiary/aromatic N) is 2. The number of nitrogens with one attached hydrogen (secondary N) is 2. The molecule has 0 aliphatic carbocycles. The molecule has 138 valence electrons. The second-order valence-electron chi connectivity index (χ2n) is 5.10. The van der Waals surface area contributed by atoms with Crippen molar-refractivity contribution in [1.82, 2.24) is 20.8 Å². The Morgan fingerprint density at radius 3 is 2.37 bits per heavy atom. The number of carbonyl (C=O) groups is 4. The van der Waals surface area contributed by atoms with Gasteiger partial charge in [-0.05, 0) is 42.1 Å². The molecular formula is C15H9ClN4O6S. The van der Waals surface area contributed by atoms with Crippen LogP contribution in [0.3, 0.4) is 0 Å². The summed E-state index contributed by atoms with van der Waals surface area (Å²) in [4.78, 5) is 45.6.